The quantitative estimate of drug-likeness (QED) is 0.00887. The number of carbonyl (C=O) groups is 3. The predicted molar refractivity (Wildman–Crippen MR) is 356 cm³/mol. The average molecular weight is 1390 g/mol. The van der Waals surface area contributed by atoms with Gasteiger partial charge >= 0.3 is 25.7 Å². The number of aliphatic hydroxyl groups excluding tert-OH is 10. The normalized spacial score (nSPS) is 28.1. The van der Waals surface area contributed by atoms with E-state index in [0.717, 1.165) is 96.3 Å². The summed E-state index contributed by atoms with van der Waals surface area (Å²) in [7, 11) is -5.69. The number of esters is 3. The molecule has 2 aliphatic heterocycles. The van der Waals surface area contributed by atoms with Crippen molar-refractivity contribution in [3.63, 3.8) is 0 Å². The van der Waals surface area contributed by atoms with E-state index in [1.807, 2.05) is 0 Å². The Bertz CT molecular complexity index is 2020. The molecule has 0 aromatic heterocycles. The van der Waals surface area contributed by atoms with Gasteiger partial charge in [-0.3, -0.25) is 23.4 Å². The van der Waals surface area contributed by atoms with Crippen molar-refractivity contribution in [2.24, 2.45) is 0 Å². The van der Waals surface area contributed by atoms with Crippen molar-refractivity contribution in [2.45, 2.75) is 388 Å². The maximum atomic E-state index is 14.3. The van der Waals surface area contributed by atoms with E-state index in [1.54, 1.807) is 0 Å². The predicted octanol–water partition coefficient (Wildman–Crippen LogP) is 9.57. The molecule has 0 aromatic rings. The molecule has 0 aromatic carbocycles. The maximum absolute atomic E-state index is 14.3. The van der Waals surface area contributed by atoms with E-state index >= 15 is 0 Å². The summed E-state index contributed by atoms with van der Waals surface area (Å²) in [6.45, 7) is 3.42. The summed E-state index contributed by atoms with van der Waals surface area (Å²) in [6.07, 6.45) is 10.1. The standard InChI is InChI=1S/C70H129O24P/c1-4-7-10-13-16-19-22-25-26-28-31-34-37-40-43-46-56(74)89-51(48-86-54(72)44-41-38-35-33-30-27-23-20-17-14-11-8-5-2)49-88-95(84,85)94-68-66(92-69-64(82)59(77)57(75)52(47-71)90-69)62(80)61(79)63(81)67(68)93-70-65(83)60(78)58(76)53(91-70)50-87-55(73)45-42-39-36-32-29-24-21-18-15-12-9-6-3/h27,30,51-53,57-71,75-83H,4-26,28-29,31-50H2,1-3H3,(H,84,85)/b30-27-. The number of unbranched alkanes of at least 4 members (excludes halogenated alkanes) is 34. The fourth-order valence-corrected chi connectivity index (χ4v) is 13.2. The van der Waals surface area contributed by atoms with Crippen LogP contribution in [-0.4, -0.2) is 204 Å². The number of carbonyl (C=O) groups excluding carboxylic acids is 3. The Hall–Kier alpha value is -2.30. The first-order chi connectivity index (χ1) is 45.8. The van der Waals surface area contributed by atoms with Gasteiger partial charge in [-0.05, 0) is 44.9 Å². The highest BCUT2D eigenvalue weighted by Crippen LogP contribution is 2.49. The molecule has 0 spiro atoms. The molecule has 0 radical (unpaired) electrons. The lowest BCUT2D eigenvalue weighted by atomic mass is 9.84. The highest BCUT2D eigenvalue weighted by Gasteiger charge is 2.58. The van der Waals surface area contributed by atoms with Crippen LogP contribution in [0.2, 0.25) is 0 Å². The van der Waals surface area contributed by atoms with Gasteiger partial charge in [-0.1, -0.05) is 232 Å². The van der Waals surface area contributed by atoms with Crippen LogP contribution in [0.3, 0.4) is 0 Å². The molecular weight excluding hydrogens is 1260 g/mol. The number of phosphoric acid groups is 1. The third-order valence-electron chi connectivity index (χ3n) is 18.3. The van der Waals surface area contributed by atoms with Crippen molar-refractivity contribution in [1.29, 1.82) is 0 Å². The summed E-state index contributed by atoms with van der Waals surface area (Å²) in [5.41, 5.74) is 0. The lowest BCUT2D eigenvalue weighted by Crippen LogP contribution is -2.69. The molecule has 3 aliphatic rings. The molecular formula is C70H129O24P. The topological polar surface area (TPSA) is 374 Å². The van der Waals surface area contributed by atoms with Gasteiger partial charge in [0.05, 0.1) is 13.2 Å². The van der Waals surface area contributed by atoms with Gasteiger partial charge in [0.25, 0.3) is 0 Å². The Labute approximate surface area is 567 Å². The molecule has 2 saturated heterocycles. The van der Waals surface area contributed by atoms with Crippen molar-refractivity contribution >= 4 is 25.7 Å². The lowest BCUT2D eigenvalue weighted by Gasteiger charge is -2.49. The highest BCUT2D eigenvalue weighted by atomic mass is 31.2. The van der Waals surface area contributed by atoms with E-state index < -0.39 is 156 Å². The molecule has 3 fully saturated rings. The van der Waals surface area contributed by atoms with Gasteiger partial charge in [0.1, 0.15) is 98.7 Å². The summed E-state index contributed by atoms with van der Waals surface area (Å²) < 4.78 is 64.9. The summed E-state index contributed by atoms with van der Waals surface area (Å²) in [4.78, 5) is 50.9. The first kappa shape index (κ1) is 86.9. The second-order valence-corrected chi connectivity index (χ2v) is 28.1. The Morgan fingerprint density at radius 1 is 0.400 bits per heavy atom. The van der Waals surface area contributed by atoms with Crippen LogP contribution in [0, 0.1) is 0 Å². The van der Waals surface area contributed by atoms with Crippen LogP contribution in [0.25, 0.3) is 0 Å². The summed E-state index contributed by atoms with van der Waals surface area (Å²) in [5.74, 6) is -2.00. The van der Waals surface area contributed by atoms with Crippen molar-refractivity contribution in [3.05, 3.63) is 12.2 Å². The maximum Gasteiger partial charge on any atom is 0.472 e. The lowest BCUT2D eigenvalue weighted by molar-refractivity contribution is -0.360. The zero-order valence-electron chi connectivity index (χ0n) is 58.0. The Morgan fingerprint density at radius 2 is 0.737 bits per heavy atom. The van der Waals surface area contributed by atoms with Crippen LogP contribution in [0.5, 0.6) is 0 Å². The van der Waals surface area contributed by atoms with Gasteiger partial charge < -0.3 is 89.1 Å². The SMILES string of the molecule is CCCCCCCC/C=C\CCCCCC(=O)OCC(COP(=O)(O)OC1C(OC2OC(CO)C(O)C(O)C2O)C(O)C(O)C(O)C1OC1OC(COC(=O)CCCCCCCCCCCCCC)C(O)C(O)C1O)OC(=O)CCCCCCCCCCCCCCCCC. The summed E-state index contributed by atoms with van der Waals surface area (Å²) >= 11 is 0. The average Bonchev–Trinajstić information content (AvgIpc) is 0.765. The van der Waals surface area contributed by atoms with Gasteiger partial charge in [-0.2, -0.15) is 0 Å². The van der Waals surface area contributed by atoms with E-state index in [9.17, 15) is 74.9 Å². The smallest absolute Gasteiger partial charge is 0.463 e. The molecule has 1 saturated carbocycles. The van der Waals surface area contributed by atoms with Gasteiger partial charge in [0.15, 0.2) is 18.7 Å². The number of ether oxygens (including phenoxy) is 7. The number of rotatable bonds is 57. The van der Waals surface area contributed by atoms with E-state index in [4.69, 9.17) is 42.2 Å². The molecule has 24 nitrogen and oxygen atoms in total. The molecule has 1 aliphatic carbocycles. The van der Waals surface area contributed by atoms with E-state index in [2.05, 4.69) is 32.9 Å². The monoisotopic (exact) mass is 1380 g/mol. The summed E-state index contributed by atoms with van der Waals surface area (Å²) in [6, 6.07) is 0. The number of hydrogen-bond donors (Lipinski definition) is 11. The fourth-order valence-electron chi connectivity index (χ4n) is 12.2. The highest BCUT2D eigenvalue weighted by molar-refractivity contribution is 7.47. The molecule has 18 atom stereocenters. The third-order valence-corrected chi connectivity index (χ3v) is 19.3. The van der Waals surface area contributed by atoms with Gasteiger partial charge in [-0.25, -0.2) is 4.57 Å². The van der Waals surface area contributed by atoms with E-state index in [1.165, 1.54) is 128 Å². The van der Waals surface area contributed by atoms with E-state index in [-0.39, 0.29) is 19.3 Å². The minimum atomic E-state index is -5.69. The first-order valence-corrected chi connectivity index (χ1v) is 38.5. The molecule has 0 amide bonds. The van der Waals surface area contributed by atoms with Gasteiger partial charge in [-0.15, -0.1) is 0 Å². The van der Waals surface area contributed by atoms with Crippen LogP contribution >= 0.6 is 7.82 Å². The number of hydrogen-bond acceptors (Lipinski definition) is 23. The first-order valence-electron chi connectivity index (χ1n) is 37.0. The van der Waals surface area contributed by atoms with Crippen LogP contribution in [0.15, 0.2) is 12.2 Å². The summed E-state index contributed by atoms with van der Waals surface area (Å²) in [5, 5.41) is 110. The molecule has 11 N–H and O–H groups in total. The van der Waals surface area contributed by atoms with Crippen LogP contribution in [0.1, 0.15) is 284 Å². The molecule has 0 bridgehead atoms. The van der Waals surface area contributed by atoms with Crippen LogP contribution in [0.4, 0.5) is 0 Å². The van der Waals surface area contributed by atoms with Crippen molar-refractivity contribution in [2.75, 3.05) is 26.4 Å². The van der Waals surface area contributed by atoms with Crippen molar-refractivity contribution in [1.82, 2.24) is 0 Å². The number of allylic oxidation sites excluding steroid dienone is 2. The minimum Gasteiger partial charge on any atom is -0.463 e. The second kappa shape index (κ2) is 52.6. The number of phosphoric ester groups is 1. The molecule has 18 unspecified atom stereocenters. The second-order valence-electron chi connectivity index (χ2n) is 26.7. The fraction of sp³-hybridized carbons (Fsp3) is 0.929. The Morgan fingerprint density at radius 3 is 1.15 bits per heavy atom. The van der Waals surface area contributed by atoms with Crippen LogP contribution < -0.4 is 0 Å². The number of aliphatic hydroxyl groups is 10. The minimum absolute atomic E-state index is 0.0277. The zero-order chi connectivity index (χ0) is 69.6. The molecule has 558 valence electrons. The molecule has 3 rings (SSSR count). The zero-order valence-corrected chi connectivity index (χ0v) is 58.9. The Kier molecular flexibility index (Phi) is 48.2. The molecule has 95 heavy (non-hydrogen) atoms. The van der Waals surface area contributed by atoms with Crippen molar-refractivity contribution in [3.8, 4) is 0 Å². The molecule has 25 heteroatoms. The van der Waals surface area contributed by atoms with Crippen molar-refractivity contribution < 1.29 is 117 Å². The van der Waals surface area contributed by atoms with Gasteiger partial charge in [0.2, 0.25) is 0 Å². The largest absolute Gasteiger partial charge is 0.472 e. The van der Waals surface area contributed by atoms with Crippen LogP contribution in [-0.2, 0) is 61.2 Å². The van der Waals surface area contributed by atoms with Gasteiger partial charge in [0, 0.05) is 19.3 Å². The third kappa shape index (κ3) is 36.2. The Balaban J connectivity index is 1.75. The van der Waals surface area contributed by atoms with E-state index in [0.29, 0.717) is 19.3 Å². The molecule has 2 heterocycles.